The Morgan fingerprint density at radius 2 is 2.03 bits per heavy atom. The molecule has 6 nitrogen and oxygen atoms in total. The number of hydrogen-bond donors (Lipinski definition) is 1. The van der Waals surface area contributed by atoms with Gasteiger partial charge in [0.2, 0.25) is 0 Å². The summed E-state index contributed by atoms with van der Waals surface area (Å²) in [5.74, 6) is 6.08. The van der Waals surface area contributed by atoms with Crippen LogP contribution < -0.4 is 0 Å². The predicted molar refractivity (Wildman–Crippen MR) is 138 cm³/mol. The molecule has 0 aromatic heterocycles. The van der Waals surface area contributed by atoms with Gasteiger partial charge >= 0.3 is 0 Å². The third-order valence-corrected chi connectivity index (χ3v) is 5.96. The highest BCUT2D eigenvalue weighted by Crippen LogP contribution is 2.24. The van der Waals surface area contributed by atoms with Crippen molar-refractivity contribution in [2.24, 2.45) is 0 Å². The van der Waals surface area contributed by atoms with E-state index < -0.39 is 5.60 Å². The topological polar surface area (TPSA) is 66.4 Å². The molecule has 6 heteroatoms. The maximum Gasteiger partial charge on any atom is 0.158 e. The molecule has 0 amide bonds. The maximum atomic E-state index is 11.2. The van der Waals surface area contributed by atoms with Crippen LogP contribution in [-0.4, -0.2) is 62.7 Å². The van der Waals surface area contributed by atoms with Crippen LogP contribution in [0, 0.1) is 11.8 Å². The molecule has 1 unspecified atom stereocenters. The first-order chi connectivity index (χ1) is 17.0. The van der Waals surface area contributed by atoms with Gasteiger partial charge in [-0.1, -0.05) is 53.8 Å². The van der Waals surface area contributed by atoms with E-state index in [4.69, 9.17) is 23.7 Å². The van der Waals surface area contributed by atoms with Crippen molar-refractivity contribution in [1.82, 2.24) is 0 Å². The average Bonchev–Trinajstić information content (AvgIpc) is 2.87. The van der Waals surface area contributed by atoms with Crippen LogP contribution in [0.25, 0.3) is 0 Å². The summed E-state index contributed by atoms with van der Waals surface area (Å²) in [6.07, 6.45) is 6.53. The van der Waals surface area contributed by atoms with Gasteiger partial charge in [0, 0.05) is 19.6 Å². The van der Waals surface area contributed by atoms with Crippen LogP contribution >= 0.6 is 0 Å². The molecule has 2 rings (SSSR count). The van der Waals surface area contributed by atoms with E-state index in [1.54, 1.807) is 6.92 Å². The maximum absolute atomic E-state index is 11.2. The molecule has 1 aliphatic rings. The van der Waals surface area contributed by atoms with Crippen LogP contribution in [0.5, 0.6) is 0 Å². The summed E-state index contributed by atoms with van der Waals surface area (Å²) < 4.78 is 28.4. The molecule has 0 aliphatic carbocycles. The quantitative estimate of drug-likeness (QED) is 0.200. The standard InChI is InChI=1S/C29H44O6/c1-4-31-22-23-33-27(16-15-25(2)17-21-32-24-26-12-6-5-7-13-26)29(3,30)18-9-11-20-35-28-14-8-10-19-34-28/h5-7,12-13,17,27-28,30H,4,8,10,14-16,18-24H2,1-3H3/b25-17+/t27-,28?,29+/m0/s1. The highest BCUT2D eigenvalue weighted by Gasteiger charge is 2.31. The number of rotatable bonds is 16. The van der Waals surface area contributed by atoms with E-state index in [2.05, 4.69) is 37.0 Å². The fourth-order valence-corrected chi connectivity index (χ4v) is 3.76. The molecule has 196 valence electrons. The summed E-state index contributed by atoms with van der Waals surface area (Å²) in [5.41, 5.74) is 1.29. The smallest absolute Gasteiger partial charge is 0.158 e. The first-order valence-corrected chi connectivity index (χ1v) is 12.9. The van der Waals surface area contributed by atoms with E-state index in [9.17, 15) is 5.11 Å². The molecule has 1 fully saturated rings. The van der Waals surface area contributed by atoms with Gasteiger partial charge in [-0.25, -0.2) is 0 Å². The Balaban J connectivity index is 1.79. The fraction of sp³-hybridized carbons (Fsp3) is 0.655. The third-order valence-electron chi connectivity index (χ3n) is 5.96. The Bertz CT molecular complexity index is 758. The van der Waals surface area contributed by atoms with Gasteiger partial charge < -0.3 is 28.8 Å². The van der Waals surface area contributed by atoms with E-state index in [1.165, 1.54) is 5.57 Å². The average molecular weight is 489 g/mol. The van der Waals surface area contributed by atoms with E-state index in [1.807, 2.05) is 25.1 Å². The molecule has 0 bridgehead atoms. The van der Waals surface area contributed by atoms with Crippen molar-refractivity contribution < 1.29 is 28.8 Å². The van der Waals surface area contributed by atoms with E-state index in [0.717, 1.165) is 37.9 Å². The molecule has 1 aliphatic heterocycles. The van der Waals surface area contributed by atoms with Crippen LogP contribution in [0.4, 0.5) is 0 Å². The minimum absolute atomic E-state index is 0.153. The fourth-order valence-electron chi connectivity index (χ4n) is 3.76. The minimum Gasteiger partial charge on any atom is -0.386 e. The zero-order valence-electron chi connectivity index (χ0n) is 21.8. The van der Waals surface area contributed by atoms with Crippen molar-refractivity contribution >= 4 is 0 Å². The number of aliphatic hydroxyl groups is 1. The predicted octanol–water partition coefficient (Wildman–Crippen LogP) is 5.04. The van der Waals surface area contributed by atoms with Gasteiger partial charge in [-0.3, -0.25) is 0 Å². The van der Waals surface area contributed by atoms with E-state index >= 15 is 0 Å². The Morgan fingerprint density at radius 3 is 2.77 bits per heavy atom. The molecule has 0 radical (unpaired) electrons. The van der Waals surface area contributed by atoms with Crippen molar-refractivity contribution in [1.29, 1.82) is 0 Å². The molecular formula is C29H44O6. The van der Waals surface area contributed by atoms with Gasteiger partial charge in [-0.15, -0.1) is 0 Å². The second-order valence-corrected chi connectivity index (χ2v) is 9.14. The molecule has 0 saturated carbocycles. The molecule has 1 aromatic rings. The van der Waals surface area contributed by atoms with E-state index in [-0.39, 0.29) is 12.4 Å². The van der Waals surface area contributed by atoms with Gasteiger partial charge in [0.15, 0.2) is 6.29 Å². The number of hydrogen-bond acceptors (Lipinski definition) is 6. The molecule has 1 aromatic carbocycles. The van der Waals surface area contributed by atoms with Crippen molar-refractivity contribution in [3.63, 3.8) is 0 Å². The summed E-state index contributed by atoms with van der Waals surface area (Å²) in [7, 11) is 0. The zero-order valence-corrected chi connectivity index (χ0v) is 21.8. The normalized spacial score (nSPS) is 19.0. The van der Waals surface area contributed by atoms with Crippen molar-refractivity contribution in [2.45, 2.75) is 83.9 Å². The van der Waals surface area contributed by atoms with Crippen molar-refractivity contribution in [3.05, 3.63) is 47.5 Å². The summed E-state index contributed by atoms with van der Waals surface area (Å²) in [5, 5.41) is 11.2. The Labute approximate surface area is 211 Å². The molecule has 3 atom stereocenters. The Morgan fingerprint density at radius 1 is 1.20 bits per heavy atom. The lowest BCUT2D eigenvalue weighted by molar-refractivity contribution is -0.154. The molecular weight excluding hydrogens is 444 g/mol. The van der Waals surface area contributed by atoms with Crippen molar-refractivity contribution in [2.75, 3.05) is 39.6 Å². The van der Waals surface area contributed by atoms with Crippen LogP contribution in [-0.2, 0) is 30.3 Å². The number of ether oxygens (including phenoxy) is 5. The first-order valence-electron chi connectivity index (χ1n) is 12.9. The molecule has 1 heterocycles. The minimum atomic E-state index is -1.08. The van der Waals surface area contributed by atoms with Gasteiger partial charge in [0.1, 0.15) is 6.61 Å². The van der Waals surface area contributed by atoms with Crippen LogP contribution in [0.15, 0.2) is 42.0 Å². The third kappa shape index (κ3) is 13.2. The molecule has 35 heavy (non-hydrogen) atoms. The summed E-state index contributed by atoms with van der Waals surface area (Å²) in [4.78, 5) is 0. The highest BCUT2D eigenvalue weighted by atomic mass is 16.7. The second kappa shape index (κ2) is 17.7. The SMILES string of the molecule is CCOCCO[C@@H](CC/C(C)=C/COCc1ccccc1)[C@](C)(O)CC#CCOC1CCCCO1. The summed E-state index contributed by atoms with van der Waals surface area (Å²) in [6, 6.07) is 10.1. The van der Waals surface area contributed by atoms with Crippen LogP contribution in [0.1, 0.15) is 64.9 Å². The van der Waals surface area contributed by atoms with E-state index in [0.29, 0.717) is 52.5 Å². The van der Waals surface area contributed by atoms with Gasteiger partial charge in [-0.2, -0.15) is 0 Å². The summed E-state index contributed by atoms with van der Waals surface area (Å²) in [6.45, 7) is 9.63. The van der Waals surface area contributed by atoms with Gasteiger partial charge in [0.05, 0.1) is 38.1 Å². The first kappa shape index (κ1) is 29.5. The molecule has 0 spiro atoms. The van der Waals surface area contributed by atoms with Crippen LogP contribution in [0.3, 0.4) is 0 Å². The largest absolute Gasteiger partial charge is 0.386 e. The Kier molecular flexibility index (Phi) is 14.9. The summed E-state index contributed by atoms with van der Waals surface area (Å²) >= 11 is 0. The monoisotopic (exact) mass is 488 g/mol. The van der Waals surface area contributed by atoms with Gasteiger partial charge in [-0.05, 0) is 58.4 Å². The lowest BCUT2D eigenvalue weighted by atomic mass is 9.90. The highest BCUT2D eigenvalue weighted by molar-refractivity contribution is 5.13. The molecule has 1 N–H and O–H groups in total. The molecule has 1 saturated heterocycles. The number of benzene rings is 1. The van der Waals surface area contributed by atoms with Crippen LogP contribution in [0.2, 0.25) is 0 Å². The lowest BCUT2D eigenvalue weighted by Gasteiger charge is -2.31. The number of allylic oxidation sites excluding steroid dienone is 1. The zero-order chi connectivity index (χ0) is 25.2. The second-order valence-electron chi connectivity index (χ2n) is 9.14. The van der Waals surface area contributed by atoms with Gasteiger partial charge in [0.25, 0.3) is 0 Å². The van der Waals surface area contributed by atoms with Crippen molar-refractivity contribution in [3.8, 4) is 11.8 Å². The Hall–Kier alpha value is -1.72. The lowest BCUT2D eigenvalue weighted by Crippen LogP contribution is -2.41.